The van der Waals surface area contributed by atoms with Crippen molar-refractivity contribution >= 4 is 9.84 Å². The first-order chi connectivity index (χ1) is 11.5. The summed E-state index contributed by atoms with van der Waals surface area (Å²) in [5.74, 6) is 2.94. The van der Waals surface area contributed by atoms with Gasteiger partial charge in [-0.2, -0.15) is 0 Å². The molecule has 24 heavy (non-hydrogen) atoms. The van der Waals surface area contributed by atoms with Gasteiger partial charge in [-0.15, -0.1) is 10.2 Å². The van der Waals surface area contributed by atoms with Crippen LogP contribution < -0.4 is 4.74 Å². The number of nitrogens with zero attached hydrogens (tertiary/aromatic N) is 3. The molecule has 0 N–H and O–H groups in total. The van der Waals surface area contributed by atoms with E-state index >= 15 is 0 Å². The van der Waals surface area contributed by atoms with E-state index in [1.165, 1.54) is 0 Å². The van der Waals surface area contributed by atoms with Crippen LogP contribution in [-0.4, -0.2) is 55.2 Å². The van der Waals surface area contributed by atoms with Crippen LogP contribution in [0.25, 0.3) is 11.5 Å². The zero-order chi connectivity index (χ0) is 16.7. The fourth-order valence-corrected chi connectivity index (χ4v) is 5.82. The van der Waals surface area contributed by atoms with Crippen molar-refractivity contribution in [2.75, 3.05) is 31.7 Å². The second-order valence-electron chi connectivity index (χ2n) is 6.52. The SMILES string of the molecule is COc1ccc(-c2nnc(CN3C[C@@H]4CS(=O)(=O)C[C@@H]4C3)o2)cc1. The van der Waals surface area contributed by atoms with Gasteiger partial charge in [-0.1, -0.05) is 0 Å². The van der Waals surface area contributed by atoms with Crippen molar-refractivity contribution in [3.63, 3.8) is 0 Å². The number of sulfone groups is 1. The van der Waals surface area contributed by atoms with Crippen LogP contribution in [0, 0.1) is 11.8 Å². The van der Waals surface area contributed by atoms with E-state index in [2.05, 4.69) is 15.1 Å². The number of likely N-dealkylation sites (tertiary alicyclic amines) is 1. The van der Waals surface area contributed by atoms with E-state index in [0.29, 0.717) is 29.8 Å². The Morgan fingerprint density at radius 2 is 1.83 bits per heavy atom. The Labute approximate surface area is 140 Å². The van der Waals surface area contributed by atoms with Crippen molar-refractivity contribution in [2.24, 2.45) is 11.8 Å². The molecule has 0 spiro atoms. The summed E-state index contributed by atoms with van der Waals surface area (Å²) in [6, 6.07) is 7.45. The number of methoxy groups -OCH3 is 1. The number of hydrogen-bond donors (Lipinski definition) is 0. The predicted molar refractivity (Wildman–Crippen MR) is 87.2 cm³/mol. The highest BCUT2D eigenvalue weighted by molar-refractivity contribution is 7.91. The fraction of sp³-hybridized carbons (Fsp3) is 0.500. The lowest BCUT2D eigenvalue weighted by atomic mass is 10.0. The predicted octanol–water partition coefficient (Wildman–Crippen LogP) is 1.22. The average Bonchev–Trinajstić information content (AvgIpc) is 3.21. The first-order valence-corrected chi connectivity index (χ1v) is 9.74. The van der Waals surface area contributed by atoms with E-state index in [-0.39, 0.29) is 11.8 Å². The van der Waals surface area contributed by atoms with Gasteiger partial charge in [0.1, 0.15) is 5.75 Å². The summed E-state index contributed by atoms with van der Waals surface area (Å²) in [6.45, 7) is 2.13. The van der Waals surface area contributed by atoms with E-state index in [1.807, 2.05) is 24.3 Å². The molecule has 2 fully saturated rings. The number of aromatic nitrogens is 2. The zero-order valence-electron chi connectivity index (χ0n) is 13.4. The fourth-order valence-electron chi connectivity index (χ4n) is 3.62. The van der Waals surface area contributed by atoms with Crippen molar-refractivity contribution < 1.29 is 17.6 Å². The highest BCUT2D eigenvalue weighted by Crippen LogP contribution is 2.33. The number of benzene rings is 1. The average molecular weight is 349 g/mol. The largest absolute Gasteiger partial charge is 0.497 e. The summed E-state index contributed by atoms with van der Waals surface area (Å²) in [7, 11) is -1.21. The Bertz CT molecular complexity index is 811. The summed E-state index contributed by atoms with van der Waals surface area (Å²) in [4.78, 5) is 2.20. The molecule has 2 aliphatic rings. The lowest BCUT2D eigenvalue weighted by Crippen LogP contribution is -2.24. The van der Waals surface area contributed by atoms with Crippen LogP contribution in [0.4, 0.5) is 0 Å². The van der Waals surface area contributed by atoms with Crippen LogP contribution in [-0.2, 0) is 16.4 Å². The number of hydrogen-bond acceptors (Lipinski definition) is 7. The second kappa shape index (κ2) is 5.86. The Balaban J connectivity index is 1.41. The minimum Gasteiger partial charge on any atom is -0.497 e. The molecule has 2 aromatic rings. The molecular formula is C16H19N3O4S. The van der Waals surface area contributed by atoms with Gasteiger partial charge in [0.25, 0.3) is 0 Å². The van der Waals surface area contributed by atoms with Gasteiger partial charge in [-0.3, -0.25) is 4.90 Å². The zero-order valence-corrected chi connectivity index (χ0v) is 14.2. The van der Waals surface area contributed by atoms with E-state index in [1.54, 1.807) is 7.11 Å². The van der Waals surface area contributed by atoms with Crippen LogP contribution in [0.1, 0.15) is 5.89 Å². The Kier molecular flexibility index (Phi) is 3.80. The third-order valence-electron chi connectivity index (χ3n) is 4.75. The van der Waals surface area contributed by atoms with E-state index in [0.717, 1.165) is 24.4 Å². The number of fused-ring (bicyclic) bond motifs is 1. The van der Waals surface area contributed by atoms with E-state index < -0.39 is 9.84 Å². The number of ether oxygens (including phenoxy) is 1. The summed E-state index contributed by atoms with van der Waals surface area (Å²) in [5.41, 5.74) is 0.846. The van der Waals surface area contributed by atoms with Gasteiger partial charge in [0.2, 0.25) is 11.8 Å². The molecule has 0 amide bonds. The molecule has 128 valence electrons. The molecule has 4 rings (SSSR count). The third kappa shape index (κ3) is 3.03. The summed E-state index contributed by atoms with van der Waals surface area (Å²) >= 11 is 0. The first kappa shape index (κ1) is 15.6. The van der Waals surface area contributed by atoms with Crippen molar-refractivity contribution in [1.29, 1.82) is 0 Å². The Morgan fingerprint density at radius 3 is 2.46 bits per heavy atom. The van der Waals surface area contributed by atoms with Crippen LogP contribution >= 0.6 is 0 Å². The van der Waals surface area contributed by atoms with Crippen LogP contribution in [0.3, 0.4) is 0 Å². The van der Waals surface area contributed by atoms with E-state index in [4.69, 9.17) is 9.15 Å². The maximum Gasteiger partial charge on any atom is 0.247 e. The van der Waals surface area contributed by atoms with Crippen LogP contribution in [0.15, 0.2) is 28.7 Å². The molecule has 8 heteroatoms. The highest BCUT2D eigenvalue weighted by Gasteiger charge is 2.43. The molecule has 0 aliphatic carbocycles. The van der Waals surface area contributed by atoms with Gasteiger partial charge < -0.3 is 9.15 Å². The highest BCUT2D eigenvalue weighted by atomic mass is 32.2. The lowest BCUT2D eigenvalue weighted by Gasteiger charge is -2.13. The molecule has 1 aromatic carbocycles. The first-order valence-electron chi connectivity index (χ1n) is 7.92. The second-order valence-corrected chi connectivity index (χ2v) is 8.67. The quantitative estimate of drug-likeness (QED) is 0.820. The molecule has 2 saturated heterocycles. The summed E-state index contributed by atoms with van der Waals surface area (Å²) in [6.07, 6.45) is 0. The molecule has 0 radical (unpaired) electrons. The van der Waals surface area contributed by atoms with Crippen molar-refractivity contribution in [3.05, 3.63) is 30.2 Å². The Hall–Kier alpha value is -1.93. The Morgan fingerprint density at radius 1 is 1.17 bits per heavy atom. The van der Waals surface area contributed by atoms with Gasteiger partial charge in [-0.05, 0) is 36.1 Å². The van der Waals surface area contributed by atoms with Gasteiger partial charge in [-0.25, -0.2) is 8.42 Å². The molecule has 1 aromatic heterocycles. The molecule has 0 unspecified atom stereocenters. The molecule has 3 heterocycles. The lowest BCUT2D eigenvalue weighted by molar-refractivity contribution is 0.280. The summed E-state index contributed by atoms with van der Waals surface area (Å²) < 4.78 is 34.2. The van der Waals surface area contributed by atoms with Crippen molar-refractivity contribution in [3.8, 4) is 17.2 Å². The molecule has 0 bridgehead atoms. The molecule has 2 aliphatic heterocycles. The van der Waals surface area contributed by atoms with Gasteiger partial charge in [0.05, 0.1) is 25.2 Å². The normalized spacial score (nSPS) is 25.7. The van der Waals surface area contributed by atoms with Gasteiger partial charge >= 0.3 is 0 Å². The van der Waals surface area contributed by atoms with Crippen LogP contribution in [0.5, 0.6) is 5.75 Å². The monoisotopic (exact) mass is 349 g/mol. The maximum atomic E-state index is 11.6. The maximum absolute atomic E-state index is 11.6. The smallest absolute Gasteiger partial charge is 0.247 e. The molecule has 0 saturated carbocycles. The topological polar surface area (TPSA) is 85.5 Å². The van der Waals surface area contributed by atoms with E-state index in [9.17, 15) is 8.42 Å². The van der Waals surface area contributed by atoms with Gasteiger partial charge in [0, 0.05) is 18.7 Å². The molecule has 2 atom stereocenters. The van der Waals surface area contributed by atoms with Crippen LogP contribution in [0.2, 0.25) is 0 Å². The van der Waals surface area contributed by atoms with Crippen molar-refractivity contribution in [2.45, 2.75) is 6.54 Å². The molecular weight excluding hydrogens is 330 g/mol. The summed E-state index contributed by atoms with van der Waals surface area (Å²) in [5, 5.41) is 8.21. The minimum absolute atomic E-state index is 0.249. The minimum atomic E-state index is -2.83. The van der Waals surface area contributed by atoms with Crippen molar-refractivity contribution in [1.82, 2.24) is 15.1 Å². The third-order valence-corrected chi connectivity index (χ3v) is 6.62. The standard InChI is InChI=1S/C16H19N3O4S/c1-22-14-4-2-11(3-5-14)16-18-17-15(23-16)8-19-6-12-9-24(20,21)10-13(12)7-19/h2-5,12-13H,6-10H2,1H3/t12-,13+. The number of rotatable bonds is 4. The molecule has 7 nitrogen and oxygen atoms in total. The van der Waals surface area contributed by atoms with Gasteiger partial charge in [0.15, 0.2) is 9.84 Å².